The van der Waals surface area contributed by atoms with E-state index in [9.17, 15) is 5.11 Å². The molecule has 0 fully saturated rings. The second kappa shape index (κ2) is 4.56. The molecular weight excluding hydrogens is 174 g/mol. The van der Waals surface area contributed by atoms with Crippen molar-refractivity contribution in [2.24, 2.45) is 5.92 Å². The first kappa shape index (κ1) is 11.2. The van der Waals surface area contributed by atoms with E-state index in [0.29, 0.717) is 12.3 Å². The minimum atomic E-state index is -0.602. The van der Waals surface area contributed by atoms with Gasteiger partial charge in [0, 0.05) is 18.8 Å². The fourth-order valence-corrected chi connectivity index (χ4v) is 1.89. The summed E-state index contributed by atoms with van der Waals surface area (Å²) in [7, 11) is 0. The Balaban J connectivity index is 2.59. The molecule has 0 saturated carbocycles. The lowest BCUT2D eigenvalue weighted by Crippen LogP contribution is -2.29. The van der Waals surface area contributed by atoms with E-state index in [2.05, 4.69) is 18.8 Å². The van der Waals surface area contributed by atoms with Gasteiger partial charge in [-0.3, -0.25) is 4.98 Å². The minimum Gasteiger partial charge on any atom is -0.390 e. The van der Waals surface area contributed by atoms with E-state index in [-0.39, 0.29) is 0 Å². The predicted molar refractivity (Wildman–Crippen MR) is 58.0 cm³/mol. The Kier molecular flexibility index (Phi) is 3.64. The van der Waals surface area contributed by atoms with Gasteiger partial charge in [-0.25, -0.2) is 0 Å². The van der Waals surface area contributed by atoms with Crippen molar-refractivity contribution in [3.63, 3.8) is 0 Å². The monoisotopic (exact) mass is 193 g/mol. The van der Waals surface area contributed by atoms with Crippen molar-refractivity contribution in [1.82, 2.24) is 4.98 Å². The van der Waals surface area contributed by atoms with Crippen LogP contribution in [0.1, 0.15) is 32.8 Å². The third kappa shape index (κ3) is 3.88. The second-order valence-electron chi connectivity index (χ2n) is 4.63. The molecule has 0 saturated heterocycles. The van der Waals surface area contributed by atoms with Crippen molar-refractivity contribution >= 4 is 0 Å². The van der Waals surface area contributed by atoms with E-state index < -0.39 is 5.60 Å². The maximum Gasteiger partial charge on any atom is 0.0662 e. The van der Waals surface area contributed by atoms with Crippen LogP contribution in [0, 0.1) is 5.92 Å². The van der Waals surface area contributed by atoms with Gasteiger partial charge in [0.05, 0.1) is 5.60 Å². The van der Waals surface area contributed by atoms with E-state index in [1.807, 2.05) is 19.1 Å². The molecule has 0 radical (unpaired) electrons. The van der Waals surface area contributed by atoms with Gasteiger partial charge in [-0.2, -0.15) is 0 Å². The topological polar surface area (TPSA) is 33.1 Å². The molecule has 1 heterocycles. The zero-order valence-corrected chi connectivity index (χ0v) is 9.20. The first-order valence-electron chi connectivity index (χ1n) is 5.11. The van der Waals surface area contributed by atoms with Gasteiger partial charge in [-0.15, -0.1) is 0 Å². The van der Waals surface area contributed by atoms with Crippen LogP contribution in [0.25, 0.3) is 0 Å². The van der Waals surface area contributed by atoms with Crippen molar-refractivity contribution in [2.45, 2.75) is 39.2 Å². The lowest BCUT2D eigenvalue weighted by molar-refractivity contribution is 0.0388. The third-order valence-corrected chi connectivity index (χ3v) is 2.18. The number of pyridine rings is 1. The van der Waals surface area contributed by atoms with Crippen LogP contribution in [0.15, 0.2) is 24.5 Å². The lowest BCUT2D eigenvalue weighted by Gasteiger charge is -2.25. The van der Waals surface area contributed by atoms with Crippen LogP contribution in [0.5, 0.6) is 0 Å². The molecular formula is C12H19NO. The molecule has 0 bridgehead atoms. The summed E-state index contributed by atoms with van der Waals surface area (Å²) in [5.41, 5.74) is 0.542. The highest BCUT2D eigenvalue weighted by atomic mass is 16.3. The van der Waals surface area contributed by atoms with Gasteiger partial charge in [-0.1, -0.05) is 13.8 Å². The van der Waals surface area contributed by atoms with Crippen molar-refractivity contribution in [3.05, 3.63) is 30.1 Å². The fourth-order valence-electron chi connectivity index (χ4n) is 1.89. The highest BCUT2D eigenvalue weighted by molar-refractivity contribution is 5.12. The van der Waals surface area contributed by atoms with Gasteiger partial charge in [-0.05, 0) is 37.0 Å². The Morgan fingerprint density at radius 1 is 1.36 bits per heavy atom. The average Bonchev–Trinajstić information content (AvgIpc) is 2.02. The summed E-state index contributed by atoms with van der Waals surface area (Å²) in [6, 6.07) is 3.91. The molecule has 0 amide bonds. The van der Waals surface area contributed by atoms with Gasteiger partial charge in [0.25, 0.3) is 0 Å². The molecule has 1 unspecified atom stereocenters. The van der Waals surface area contributed by atoms with Crippen LogP contribution in [0.3, 0.4) is 0 Å². The standard InChI is InChI=1S/C12H19NO/c1-10(2)8-12(3,14)9-11-4-6-13-7-5-11/h4-7,10,14H,8-9H2,1-3H3. The first-order valence-corrected chi connectivity index (χ1v) is 5.11. The quantitative estimate of drug-likeness (QED) is 0.796. The SMILES string of the molecule is CC(C)CC(C)(O)Cc1ccncc1. The summed E-state index contributed by atoms with van der Waals surface area (Å²) in [4.78, 5) is 3.95. The van der Waals surface area contributed by atoms with E-state index in [0.717, 1.165) is 12.0 Å². The number of aromatic nitrogens is 1. The molecule has 1 rings (SSSR count). The molecule has 1 N–H and O–H groups in total. The molecule has 78 valence electrons. The number of nitrogens with zero attached hydrogens (tertiary/aromatic N) is 1. The zero-order chi connectivity index (χ0) is 10.6. The van der Waals surface area contributed by atoms with Crippen LogP contribution >= 0.6 is 0 Å². The number of hydrogen-bond donors (Lipinski definition) is 1. The van der Waals surface area contributed by atoms with E-state index in [4.69, 9.17) is 0 Å². The molecule has 1 aromatic heterocycles. The Morgan fingerprint density at radius 2 is 1.93 bits per heavy atom. The number of aliphatic hydroxyl groups is 1. The largest absolute Gasteiger partial charge is 0.390 e. The molecule has 2 nitrogen and oxygen atoms in total. The maximum atomic E-state index is 10.1. The van der Waals surface area contributed by atoms with Gasteiger partial charge in [0.15, 0.2) is 0 Å². The Bertz CT molecular complexity index is 267. The zero-order valence-electron chi connectivity index (χ0n) is 9.20. The lowest BCUT2D eigenvalue weighted by atomic mass is 9.88. The van der Waals surface area contributed by atoms with Gasteiger partial charge < -0.3 is 5.11 Å². The van der Waals surface area contributed by atoms with Crippen molar-refractivity contribution in [1.29, 1.82) is 0 Å². The minimum absolute atomic E-state index is 0.520. The van der Waals surface area contributed by atoms with Crippen molar-refractivity contribution in [2.75, 3.05) is 0 Å². The van der Waals surface area contributed by atoms with Gasteiger partial charge in [0.2, 0.25) is 0 Å². The summed E-state index contributed by atoms with van der Waals surface area (Å²) in [6.45, 7) is 6.15. The second-order valence-corrected chi connectivity index (χ2v) is 4.63. The first-order chi connectivity index (χ1) is 6.49. The molecule has 0 aliphatic carbocycles. The van der Waals surface area contributed by atoms with Gasteiger partial charge in [0.1, 0.15) is 0 Å². The van der Waals surface area contributed by atoms with Crippen LogP contribution in [-0.2, 0) is 6.42 Å². The molecule has 1 aromatic rings. The molecule has 0 aliphatic rings. The summed E-state index contributed by atoms with van der Waals surface area (Å²) in [5.74, 6) is 0.520. The number of hydrogen-bond acceptors (Lipinski definition) is 2. The summed E-state index contributed by atoms with van der Waals surface area (Å²) >= 11 is 0. The smallest absolute Gasteiger partial charge is 0.0662 e. The molecule has 0 aliphatic heterocycles. The Labute approximate surface area is 86.0 Å². The predicted octanol–water partition coefficient (Wildman–Crippen LogP) is 2.42. The van der Waals surface area contributed by atoms with E-state index >= 15 is 0 Å². The number of rotatable bonds is 4. The van der Waals surface area contributed by atoms with Crippen LogP contribution in [0.2, 0.25) is 0 Å². The average molecular weight is 193 g/mol. The van der Waals surface area contributed by atoms with E-state index in [1.165, 1.54) is 0 Å². The Morgan fingerprint density at radius 3 is 2.43 bits per heavy atom. The summed E-state index contributed by atoms with van der Waals surface area (Å²) < 4.78 is 0. The van der Waals surface area contributed by atoms with Crippen molar-refractivity contribution < 1.29 is 5.11 Å². The van der Waals surface area contributed by atoms with E-state index in [1.54, 1.807) is 12.4 Å². The van der Waals surface area contributed by atoms with Gasteiger partial charge >= 0.3 is 0 Å². The fraction of sp³-hybridized carbons (Fsp3) is 0.583. The summed E-state index contributed by atoms with van der Waals surface area (Å²) in [5, 5.41) is 10.1. The normalized spacial score (nSPS) is 15.5. The highest BCUT2D eigenvalue weighted by Crippen LogP contribution is 2.20. The van der Waals surface area contributed by atoms with Crippen LogP contribution in [0.4, 0.5) is 0 Å². The van der Waals surface area contributed by atoms with Crippen LogP contribution in [-0.4, -0.2) is 15.7 Å². The molecule has 2 heteroatoms. The third-order valence-electron chi connectivity index (χ3n) is 2.18. The molecule has 0 spiro atoms. The Hall–Kier alpha value is -0.890. The molecule has 14 heavy (non-hydrogen) atoms. The van der Waals surface area contributed by atoms with Crippen molar-refractivity contribution in [3.8, 4) is 0 Å². The summed E-state index contributed by atoms with van der Waals surface area (Å²) in [6.07, 6.45) is 5.06. The maximum absolute atomic E-state index is 10.1. The molecule has 0 aromatic carbocycles. The molecule has 1 atom stereocenters. The highest BCUT2D eigenvalue weighted by Gasteiger charge is 2.21. The van der Waals surface area contributed by atoms with Crippen LogP contribution < -0.4 is 0 Å².